The Morgan fingerprint density at radius 2 is 1.82 bits per heavy atom. The van der Waals surface area contributed by atoms with E-state index < -0.39 is 0 Å². The van der Waals surface area contributed by atoms with Crippen molar-refractivity contribution in [3.63, 3.8) is 0 Å². The molecule has 0 unspecified atom stereocenters. The van der Waals surface area contributed by atoms with Crippen molar-refractivity contribution in [2.75, 3.05) is 6.54 Å². The molecule has 0 aliphatic rings. The smallest absolute Gasteiger partial charge is 0.0812 e. The van der Waals surface area contributed by atoms with E-state index in [4.69, 9.17) is 4.84 Å². The number of nitrogens with one attached hydrogen (secondary N) is 1. The molecule has 0 saturated carbocycles. The van der Waals surface area contributed by atoms with Crippen LogP contribution in [0.3, 0.4) is 0 Å². The van der Waals surface area contributed by atoms with Crippen LogP contribution in [0.15, 0.2) is 0 Å². The minimum Gasteiger partial charge on any atom is -0.296 e. The third-order valence-corrected chi connectivity index (χ3v) is 1.26. The van der Waals surface area contributed by atoms with Gasteiger partial charge in [0.25, 0.3) is 0 Å². The van der Waals surface area contributed by atoms with Crippen molar-refractivity contribution in [2.45, 2.75) is 52.6 Å². The molecule has 0 bridgehead atoms. The molecule has 68 valence electrons. The molecule has 0 aromatic heterocycles. The molecule has 0 heterocycles. The first-order valence-corrected chi connectivity index (χ1v) is 4.47. The summed E-state index contributed by atoms with van der Waals surface area (Å²) in [7, 11) is 0. The maximum atomic E-state index is 5.33. The molecule has 11 heavy (non-hydrogen) atoms. The number of rotatable bonds is 5. The van der Waals surface area contributed by atoms with E-state index in [1.807, 2.05) is 20.8 Å². The van der Waals surface area contributed by atoms with Crippen LogP contribution in [0.4, 0.5) is 0 Å². The van der Waals surface area contributed by atoms with E-state index in [0.29, 0.717) is 0 Å². The molecule has 1 N–H and O–H groups in total. The molecule has 2 nitrogen and oxygen atoms in total. The standard InChI is InChI=1S/C9H21NO/c1-5-6-7-8-10-11-9(2,3)4/h10H,5-8H2,1-4H3. The van der Waals surface area contributed by atoms with E-state index in [1.165, 1.54) is 19.3 Å². The first-order valence-electron chi connectivity index (χ1n) is 4.47. The second-order valence-electron chi connectivity index (χ2n) is 3.82. The van der Waals surface area contributed by atoms with Crippen molar-refractivity contribution < 1.29 is 4.84 Å². The van der Waals surface area contributed by atoms with E-state index in [1.54, 1.807) is 0 Å². The van der Waals surface area contributed by atoms with Crippen molar-refractivity contribution >= 4 is 0 Å². The van der Waals surface area contributed by atoms with Gasteiger partial charge in [-0.2, -0.15) is 0 Å². The Kier molecular flexibility index (Phi) is 5.51. The first-order chi connectivity index (χ1) is 5.06. The van der Waals surface area contributed by atoms with Crippen LogP contribution in [0.25, 0.3) is 0 Å². The van der Waals surface area contributed by atoms with Gasteiger partial charge in [0.15, 0.2) is 0 Å². The Morgan fingerprint density at radius 3 is 2.27 bits per heavy atom. The van der Waals surface area contributed by atoms with Crippen molar-refractivity contribution in [1.82, 2.24) is 5.48 Å². The Morgan fingerprint density at radius 1 is 1.18 bits per heavy atom. The molecule has 0 aliphatic carbocycles. The molecule has 0 aromatic rings. The topological polar surface area (TPSA) is 21.3 Å². The Balaban J connectivity index is 3.02. The van der Waals surface area contributed by atoms with E-state index in [2.05, 4.69) is 12.4 Å². The summed E-state index contributed by atoms with van der Waals surface area (Å²) >= 11 is 0. The molecule has 0 amide bonds. The zero-order chi connectivity index (χ0) is 8.74. The van der Waals surface area contributed by atoms with Crippen LogP contribution < -0.4 is 5.48 Å². The lowest BCUT2D eigenvalue weighted by Crippen LogP contribution is -2.29. The highest BCUT2D eigenvalue weighted by atomic mass is 16.7. The Hall–Kier alpha value is -0.0800. The third kappa shape index (κ3) is 9.92. The second-order valence-corrected chi connectivity index (χ2v) is 3.82. The highest BCUT2D eigenvalue weighted by Crippen LogP contribution is 2.03. The van der Waals surface area contributed by atoms with Crippen LogP contribution >= 0.6 is 0 Å². The average molecular weight is 159 g/mol. The molecular formula is C9H21NO. The molecule has 0 rings (SSSR count). The largest absolute Gasteiger partial charge is 0.296 e. The van der Waals surface area contributed by atoms with Gasteiger partial charge in [-0.3, -0.25) is 4.84 Å². The summed E-state index contributed by atoms with van der Waals surface area (Å²) in [5.41, 5.74) is 2.90. The van der Waals surface area contributed by atoms with E-state index in [-0.39, 0.29) is 5.60 Å². The first kappa shape index (κ1) is 10.9. The van der Waals surface area contributed by atoms with Crippen LogP contribution in [0.2, 0.25) is 0 Å². The zero-order valence-corrected chi connectivity index (χ0v) is 8.24. The quantitative estimate of drug-likeness (QED) is 0.491. The van der Waals surface area contributed by atoms with Gasteiger partial charge in [0.2, 0.25) is 0 Å². The predicted octanol–water partition coefficient (Wildman–Crippen LogP) is 2.50. The molecular weight excluding hydrogens is 138 g/mol. The summed E-state index contributed by atoms with van der Waals surface area (Å²) in [6, 6.07) is 0. The van der Waals surface area contributed by atoms with E-state index in [0.717, 1.165) is 6.54 Å². The lowest BCUT2D eigenvalue weighted by molar-refractivity contribution is -0.0726. The van der Waals surface area contributed by atoms with Gasteiger partial charge in [-0.1, -0.05) is 19.8 Å². The minimum atomic E-state index is -0.0633. The highest BCUT2D eigenvalue weighted by Gasteiger charge is 2.08. The molecule has 0 radical (unpaired) electrons. The second kappa shape index (κ2) is 5.56. The van der Waals surface area contributed by atoms with Gasteiger partial charge in [0.05, 0.1) is 5.60 Å². The fourth-order valence-corrected chi connectivity index (χ4v) is 0.715. The summed E-state index contributed by atoms with van der Waals surface area (Å²) in [6.07, 6.45) is 3.74. The Labute approximate surface area is 70.3 Å². The van der Waals surface area contributed by atoms with Crippen LogP contribution in [0, 0.1) is 0 Å². The fourth-order valence-electron chi connectivity index (χ4n) is 0.715. The van der Waals surface area contributed by atoms with E-state index in [9.17, 15) is 0 Å². The van der Waals surface area contributed by atoms with Gasteiger partial charge >= 0.3 is 0 Å². The summed E-state index contributed by atoms with van der Waals surface area (Å²) in [5.74, 6) is 0. The molecule has 0 saturated heterocycles. The van der Waals surface area contributed by atoms with Gasteiger partial charge in [-0.15, -0.1) is 0 Å². The van der Waals surface area contributed by atoms with Gasteiger partial charge in [0.1, 0.15) is 0 Å². The number of hydroxylamine groups is 1. The summed E-state index contributed by atoms with van der Waals surface area (Å²) in [5, 5.41) is 0. The predicted molar refractivity (Wildman–Crippen MR) is 48.4 cm³/mol. The van der Waals surface area contributed by atoms with Crippen LogP contribution in [-0.2, 0) is 4.84 Å². The lowest BCUT2D eigenvalue weighted by atomic mass is 10.2. The monoisotopic (exact) mass is 159 g/mol. The molecule has 0 aliphatic heterocycles. The van der Waals surface area contributed by atoms with Crippen molar-refractivity contribution in [2.24, 2.45) is 0 Å². The SMILES string of the molecule is CCCCCNOC(C)(C)C. The average Bonchev–Trinajstić information content (AvgIpc) is 1.85. The lowest BCUT2D eigenvalue weighted by Gasteiger charge is -2.19. The number of hydrogen-bond donors (Lipinski definition) is 1. The summed E-state index contributed by atoms with van der Waals surface area (Å²) in [4.78, 5) is 5.33. The highest BCUT2D eigenvalue weighted by molar-refractivity contribution is 4.56. The summed E-state index contributed by atoms with van der Waals surface area (Å²) < 4.78 is 0. The molecule has 2 heteroatoms. The normalized spacial score (nSPS) is 12.0. The van der Waals surface area contributed by atoms with Crippen molar-refractivity contribution in [3.8, 4) is 0 Å². The maximum absolute atomic E-state index is 5.33. The Bertz CT molecular complexity index is 86.1. The number of unbranched alkanes of at least 4 members (excludes halogenated alkanes) is 2. The van der Waals surface area contributed by atoms with Crippen LogP contribution in [0.5, 0.6) is 0 Å². The van der Waals surface area contributed by atoms with Crippen LogP contribution in [0.1, 0.15) is 47.0 Å². The van der Waals surface area contributed by atoms with Crippen molar-refractivity contribution in [3.05, 3.63) is 0 Å². The third-order valence-electron chi connectivity index (χ3n) is 1.26. The van der Waals surface area contributed by atoms with Gasteiger partial charge in [-0.25, -0.2) is 5.48 Å². The maximum Gasteiger partial charge on any atom is 0.0812 e. The molecule has 0 atom stereocenters. The number of hydrogen-bond acceptors (Lipinski definition) is 2. The molecule has 0 aromatic carbocycles. The zero-order valence-electron chi connectivity index (χ0n) is 8.24. The van der Waals surface area contributed by atoms with E-state index >= 15 is 0 Å². The van der Waals surface area contributed by atoms with Gasteiger partial charge < -0.3 is 0 Å². The fraction of sp³-hybridized carbons (Fsp3) is 1.00. The molecule has 0 spiro atoms. The van der Waals surface area contributed by atoms with Crippen LogP contribution in [-0.4, -0.2) is 12.1 Å². The van der Waals surface area contributed by atoms with Gasteiger partial charge in [0, 0.05) is 6.54 Å². The van der Waals surface area contributed by atoms with Gasteiger partial charge in [-0.05, 0) is 27.2 Å². The van der Waals surface area contributed by atoms with Crippen molar-refractivity contribution in [1.29, 1.82) is 0 Å². The minimum absolute atomic E-state index is 0.0633. The molecule has 0 fully saturated rings. The summed E-state index contributed by atoms with van der Waals surface area (Å²) in [6.45, 7) is 9.29.